The summed E-state index contributed by atoms with van der Waals surface area (Å²) in [6.07, 6.45) is 1.05. The number of hydrogen-bond acceptors (Lipinski definition) is 5. The van der Waals surface area contributed by atoms with E-state index in [0.29, 0.717) is 36.6 Å². The molecule has 25 heavy (non-hydrogen) atoms. The summed E-state index contributed by atoms with van der Waals surface area (Å²) >= 11 is 0. The summed E-state index contributed by atoms with van der Waals surface area (Å²) in [6, 6.07) is 3.76. The predicted octanol–water partition coefficient (Wildman–Crippen LogP) is -0.324. The van der Waals surface area contributed by atoms with Gasteiger partial charge in [-0.3, -0.25) is 4.79 Å². The molecule has 0 aliphatic carbocycles. The van der Waals surface area contributed by atoms with Crippen molar-refractivity contribution >= 4 is 5.91 Å². The number of amides is 1. The minimum Gasteiger partial charge on any atom is -0.493 e. The highest BCUT2D eigenvalue weighted by atomic mass is 16.5. The fourth-order valence-electron chi connectivity index (χ4n) is 2.91. The number of ether oxygens (including phenoxy) is 4. The van der Waals surface area contributed by atoms with Gasteiger partial charge in [0, 0.05) is 6.42 Å². The zero-order valence-corrected chi connectivity index (χ0v) is 15.4. The molecule has 0 radical (unpaired) electrons. The van der Waals surface area contributed by atoms with Crippen LogP contribution in [0.1, 0.15) is 12.0 Å². The van der Waals surface area contributed by atoms with E-state index in [0.717, 1.165) is 38.4 Å². The molecule has 0 bridgehead atoms. The SMILES string of the molecule is COc1cc(CCC(=O)NCC[NH+]2CCOCC2)cc(OC)c1OC. The van der Waals surface area contributed by atoms with Crippen molar-refractivity contribution in [2.45, 2.75) is 12.8 Å². The Bertz CT molecular complexity index is 533. The lowest BCUT2D eigenvalue weighted by Crippen LogP contribution is -3.14. The van der Waals surface area contributed by atoms with Crippen molar-refractivity contribution in [3.63, 3.8) is 0 Å². The van der Waals surface area contributed by atoms with Crippen LogP contribution in [0, 0.1) is 0 Å². The van der Waals surface area contributed by atoms with E-state index in [1.54, 1.807) is 21.3 Å². The van der Waals surface area contributed by atoms with Gasteiger partial charge in [0.05, 0.1) is 47.6 Å². The van der Waals surface area contributed by atoms with Gasteiger partial charge in [0.25, 0.3) is 0 Å². The third-order valence-electron chi connectivity index (χ3n) is 4.37. The first-order valence-corrected chi connectivity index (χ1v) is 8.64. The van der Waals surface area contributed by atoms with Crippen LogP contribution in [0.15, 0.2) is 12.1 Å². The van der Waals surface area contributed by atoms with Gasteiger partial charge in [0.1, 0.15) is 13.1 Å². The Balaban J connectivity index is 1.80. The highest BCUT2D eigenvalue weighted by Crippen LogP contribution is 2.38. The Hall–Kier alpha value is -1.99. The summed E-state index contributed by atoms with van der Waals surface area (Å²) in [5.41, 5.74) is 0.975. The van der Waals surface area contributed by atoms with Gasteiger partial charge in [0.2, 0.25) is 11.7 Å². The van der Waals surface area contributed by atoms with Gasteiger partial charge >= 0.3 is 0 Å². The summed E-state index contributed by atoms with van der Waals surface area (Å²) in [4.78, 5) is 13.5. The average Bonchev–Trinajstić information content (AvgIpc) is 2.66. The van der Waals surface area contributed by atoms with Crippen molar-refractivity contribution in [3.05, 3.63) is 17.7 Å². The van der Waals surface area contributed by atoms with Gasteiger partial charge in [-0.15, -0.1) is 0 Å². The maximum absolute atomic E-state index is 12.1. The molecule has 0 unspecified atom stereocenters. The fraction of sp³-hybridized carbons (Fsp3) is 0.611. The third-order valence-corrected chi connectivity index (χ3v) is 4.37. The Morgan fingerprint density at radius 2 is 1.76 bits per heavy atom. The van der Waals surface area contributed by atoms with Gasteiger partial charge in [0.15, 0.2) is 11.5 Å². The Kier molecular flexibility index (Phi) is 7.81. The molecule has 7 heteroatoms. The molecule has 0 aromatic heterocycles. The van der Waals surface area contributed by atoms with E-state index < -0.39 is 0 Å². The Morgan fingerprint density at radius 1 is 1.12 bits per heavy atom. The molecule has 0 saturated carbocycles. The maximum Gasteiger partial charge on any atom is 0.220 e. The quantitative estimate of drug-likeness (QED) is 0.637. The van der Waals surface area contributed by atoms with Crippen molar-refractivity contribution in [3.8, 4) is 17.2 Å². The first kappa shape index (κ1) is 19.3. The molecule has 1 heterocycles. The number of carbonyl (C=O) groups is 1. The number of nitrogens with one attached hydrogen (secondary N) is 2. The number of aryl methyl sites for hydroxylation is 1. The largest absolute Gasteiger partial charge is 0.493 e. The Morgan fingerprint density at radius 3 is 2.32 bits per heavy atom. The van der Waals surface area contributed by atoms with Crippen molar-refractivity contribution in [2.24, 2.45) is 0 Å². The van der Waals surface area contributed by atoms with Gasteiger partial charge in [-0.2, -0.15) is 0 Å². The highest BCUT2D eigenvalue weighted by Gasteiger charge is 2.15. The van der Waals surface area contributed by atoms with E-state index >= 15 is 0 Å². The second-order valence-corrected chi connectivity index (χ2v) is 6.00. The van der Waals surface area contributed by atoms with Crippen LogP contribution in [0.5, 0.6) is 17.2 Å². The van der Waals surface area contributed by atoms with E-state index in [4.69, 9.17) is 18.9 Å². The van der Waals surface area contributed by atoms with E-state index in [2.05, 4.69) is 5.32 Å². The van der Waals surface area contributed by atoms with E-state index in [1.165, 1.54) is 4.90 Å². The van der Waals surface area contributed by atoms with Crippen LogP contribution in [0.3, 0.4) is 0 Å². The number of benzene rings is 1. The monoisotopic (exact) mass is 353 g/mol. The maximum atomic E-state index is 12.1. The molecule has 1 aromatic rings. The van der Waals surface area contributed by atoms with Crippen LogP contribution in [-0.4, -0.2) is 66.6 Å². The molecule has 0 atom stereocenters. The smallest absolute Gasteiger partial charge is 0.220 e. The molecular formula is C18H29N2O5+. The average molecular weight is 353 g/mol. The third kappa shape index (κ3) is 5.79. The van der Waals surface area contributed by atoms with Crippen LogP contribution in [0.4, 0.5) is 0 Å². The van der Waals surface area contributed by atoms with Gasteiger partial charge in [-0.25, -0.2) is 0 Å². The van der Waals surface area contributed by atoms with Crippen LogP contribution in [-0.2, 0) is 16.0 Å². The molecule has 140 valence electrons. The van der Waals surface area contributed by atoms with Crippen LogP contribution in [0.2, 0.25) is 0 Å². The number of methoxy groups -OCH3 is 3. The van der Waals surface area contributed by atoms with Crippen molar-refractivity contribution in [1.82, 2.24) is 5.32 Å². The molecule has 1 amide bonds. The van der Waals surface area contributed by atoms with Gasteiger partial charge < -0.3 is 29.2 Å². The predicted molar refractivity (Wildman–Crippen MR) is 93.8 cm³/mol. The van der Waals surface area contributed by atoms with E-state index in [9.17, 15) is 4.79 Å². The molecule has 1 aliphatic rings. The standard InChI is InChI=1S/C18H28N2O5/c1-22-15-12-14(13-16(23-2)18(15)24-3)4-5-17(21)19-6-7-20-8-10-25-11-9-20/h12-13H,4-11H2,1-3H3,(H,19,21)/p+1. The number of hydrogen-bond donors (Lipinski definition) is 2. The highest BCUT2D eigenvalue weighted by molar-refractivity contribution is 5.76. The lowest BCUT2D eigenvalue weighted by Gasteiger charge is -2.23. The second-order valence-electron chi connectivity index (χ2n) is 6.00. The van der Waals surface area contributed by atoms with Crippen molar-refractivity contribution < 1.29 is 28.6 Å². The first-order valence-electron chi connectivity index (χ1n) is 8.64. The lowest BCUT2D eigenvalue weighted by atomic mass is 10.1. The normalized spacial score (nSPS) is 14.8. The van der Waals surface area contributed by atoms with E-state index in [-0.39, 0.29) is 5.91 Å². The molecule has 7 nitrogen and oxygen atoms in total. The molecule has 1 saturated heterocycles. The van der Waals surface area contributed by atoms with E-state index in [1.807, 2.05) is 12.1 Å². The molecular weight excluding hydrogens is 324 g/mol. The van der Waals surface area contributed by atoms with Crippen LogP contribution in [0.25, 0.3) is 0 Å². The molecule has 0 spiro atoms. The van der Waals surface area contributed by atoms with Crippen LogP contribution >= 0.6 is 0 Å². The first-order chi connectivity index (χ1) is 12.2. The van der Waals surface area contributed by atoms with Crippen molar-refractivity contribution in [2.75, 3.05) is 60.7 Å². The molecule has 1 aromatic carbocycles. The summed E-state index contributed by atoms with van der Waals surface area (Å²) in [7, 11) is 4.74. The summed E-state index contributed by atoms with van der Waals surface area (Å²) in [5, 5.41) is 2.99. The summed E-state index contributed by atoms with van der Waals surface area (Å²) in [6.45, 7) is 5.29. The number of carbonyl (C=O) groups excluding carboxylic acids is 1. The van der Waals surface area contributed by atoms with Crippen molar-refractivity contribution in [1.29, 1.82) is 0 Å². The minimum absolute atomic E-state index is 0.0569. The lowest BCUT2D eigenvalue weighted by molar-refractivity contribution is -0.906. The second kappa shape index (κ2) is 10.1. The topological polar surface area (TPSA) is 70.5 Å². The number of rotatable bonds is 9. The summed E-state index contributed by atoms with van der Waals surface area (Å²) < 4.78 is 21.3. The molecule has 2 rings (SSSR count). The molecule has 1 fully saturated rings. The fourth-order valence-corrected chi connectivity index (χ4v) is 2.91. The van der Waals surface area contributed by atoms with Gasteiger partial charge in [-0.1, -0.05) is 0 Å². The molecule has 1 aliphatic heterocycles. The summed E-state index contributed by atoms with van der Waals surface area (Å²) in [5.74, 6) is 1.83. The molecule has 2 N–H and O–H groups in total. The van der Waals surface area contributed by atoms with Gasteiger partial charge in [-0.05, 0) is 24.1 Å². The van der Waals surface area contributed by atoms with Crippen LogP contribution < -0.4 is 24.4 Å². The number of quaternary nitrogens is 1. The number of morpholine rings is 1. The zero-order valence-electron chi connectivity index (χ0n) is 15.4. The minimum atomic E-state index is 0.0569. The Labute approximate surface area is 149 Å². The zero-order chi connectivity index (χ0) is 18.1.